The minimum Gasteiger partial charge on any atom is -0.408 e. The topological polar surface area (TPSA) is 64.7 Å². The molecule has 0 radical (unpaired) electrons. The zero-order chi connectivity index (χ0) is 14.5. The molecule has 0 atom stereocenters. The first-order valence-corrected chi connectivity index (χ1v) is 6.44. The van der Waals surface area contributed by atoms with E-state index in [9.17, 15) is 9.59 Å². The molecule has 0 aliphatic rings. The van der Waals surface area contributed by atoms with Crippen LogP contribution >= 0.6 is 0 Å². The number of nitrogens with zero attached hydrogens (tertiary/aromatic N) is 2. The van der Waals surface area contributed by atoms with Gasteiger partial charge in [0.1, 0.15) is 6.54 Å². The summed E-state index contributed by atoms with van der Waals surface area (Å²) in [7, 11) is 3.34. The number of hydrogen-bond acceptors (Lipinski definition) is 4. The Morgan fingerprint density at radius 1 is 1.40 bits per heavy atom. The Hall–Kier alpha value is -2.08. The molecular formula is C14H18N2O4. The normalized spacial score (nSPS) is 10.9. The monoisotopic (exact) mass is 278 g/mol. The van der Waals surface area contributed by atoms with Gasteiger partial charge in [-0.05, 0) is 18.6 Å². The first kappa shape index (κ1) is 14.3. The molecule has 1 amide bonds. The van der Waals surface area contributed by atoms with Gasteiger partial charge in [-0.3, -0.25) is 9.36 Å². The number of likely N-dealkylation sites (N-methyl/N-ethyl adjacent to an activating group) is 1. The number of carbonyl (C=O) groups excluding carboxylic acids is 1. The Labute approximate surface area is 116 Å². The summed E-state index contributed by atoms with van der Waals surface area (Å²) in [6, 6.07) is 7.06. The molecule has 0 saturated carbocycles. The predicted octanol–water partition coefficient (Wildman–Crippen LogP) is 1.09. The van der Waals surface area contributed by atoms with Crippen molar-refractivity contribution < 1.29 is 13.9 Å². The van der Waals surface area contributed by atoms with Crippen LogP contribution in [-0.4, -0.2) is 42.7 Å². The summed E-state index contributed by atoms with van der Waals surface area (Å²) < 4.78 is 11.4. The number of benzene rings is 1. The Kier molecular flexibility index (Phi) is 4.57. The van der Waals surface area contributed by atoms with Crippen LogP contribution in [0.2, 0.25) is 0 Å². The number of methoxy groups -OCH3 is 1. The van der Waals surface area contributed by atoms with Gasteiger partial charge in [0.2, 0.25) is 5.91 Å². The fourth-order valence-electron chi connectivity index (χ4n) is 1.99. The maximum atomic E-state index is 12.1. The van der Waals surface area contributed by atoms with Gasteiger partial charge < -0.3 is 14.1 Å². The van der Waals surface area contributed by atoms with E-state index in [4.69, 9.17) is 9.15 Å². The van der Waals surface area contributed by atoms with E-state index in [1.165, 1.54) is 4.57 Å². The largest absolute Gasteiger partial charge is 0.420 e. The fraction of sp³-hybridized carbons (Fsp3) is 0.429. The molecule has 2 rings (SSSR count). The minimum atomic E-state index is -0.509. The summed E-state index contributed by atoms with van der Waals surface area (Å²) >= 11 is 0. The molecule has 2 aromatic rings. The lowest BCUT2D eigenvalue weighted by atomic mass is 10.3. The number of aromatic nitrogens is 1. The maximum absolute atomic E-state index is 12.1. The zero-order valence-corrected chi connectivity index (χ0v) is 11.7. The number of carbonyl (C=O) groups is 1. The van der Waals surface area contributed by atoms with Crippen LogP contribution in [0.4, 0.5) is 0 Å². The summed E-state index contributed by atoms with van der Waals surface area (Å²) in [4.78, 5) is 25.4. The molecule has 0 unspecified atom stereocenters. The molecule has 0 saturated heterocycles. The molecule has 6 nitrogen and oxygen atoms in total. The van der Waals surface area contributed by atoms with Gasteiger partial charge in [-0.2, -0.15) is 0 Å². The fourth-order valence-corrected chi connectivity index (χ4v) is 1.99. The second-order valence-electron chi connectivity index (χ2n) is 4.58. The number of oxazole rings is 1. The molecule has 108 valence electrons. The van der Waals surface area contributed by atoms with E-state index in [0.29, 0.717) is 24.3 Å². The Bertz CT molecular complexity index is 644. The summed E-state index contributed by atoms with van der Waals surface area (Å²) in [5.74, 6) is -0.639. The van der Waals surface area contributed by atoms with Crippen LogP contribution in [0, 0.1) is 0 Å². The standard InChI is InChI=1S/C14H18N2O4/c1-15(8-5-9-19-2)13(17)10-16-11-6-3-4-7-12(11)20-14(16)18/h3-4,6-7H,5,8-10H2,1-2H3. The van der Waals surface area contributed by atoms with Gasteiger partial charge in [0.05, 0.1) is 5.52 Å². The third-order valence-electron chi connectivity index (χ3n) is 3.13. The third kappa shape index (κ3) is 3.08. The highest BCUT2D eigenvalue weighted by atomic mass is 16.5. The van der Waals surface area contributed by atoms with Crippen molar-refractivity contribution in [2.24, 2.45) is 0 Å². The molecule has 1 aromatic carbocycles. The molecule has 0 spiro atoms. The van der Waals surface area contributed by atoms with Crippen LogP contribution in [0.25, 0.3) is 11.1 Å². The zero-order valence-electron chi connectivity index (χ0n) is 11.7. The molecule has 0 aliphatic carbocycles. The van der Waals surface area contributed by atoms with Crippen LogP contribution in [0.1, 0.15) is 6.42 Å². The van der Waals surface area contributed by atoms with Crippen molar-refractivity contribution >= 4 is 17.0 Å². The lowest BCUT2D eigenvalue weighted by molar-refractivity contribution is -0.130. The quantitative estimate of drug-likeness (QED) is 0.742. The molecule has 0 N–H and O–H groups in total. The SMILES string of the molecule is COCCCN(C)C(=O)Cn1c(=O)oc2ccccc21. The maximum Gasteiger partial charge on any atom is 0.420 e. The van der Waals surface area contributed by atoms with Gasteiger partial charge in [0.25, 0.3) is 0 Å². The number of fused-ring (bicyclic) bond motifs is 1. The number of para-hydroxylation sites is 2. The highest BCUT2D eigenvalue weighted by Crippen LogP contribution is 2.11. The molecule has 6 heteroatoms. The average Bonchev–Trinajstić information content (AvgIpc) is 2.75. The third-order valence-corrected chi connectivity index (χ3v) is 3.13. The smallest absolute Gasteiger partial charge is 0.408 e. The van der Waals surface area contributed by atoms with Gasteiger partial charge in [-0.15, -0.1) is 0 Å². The van der Waals surface area contributed by atoms with Crippen molar-refractivity contribution in [3.05, 3.63) is 34.8 Å². The van der Waals surface area contributed by atoms with E-state index in [1.807, 2.05) is 0 Å². The van der Waals surface area contributed by atoms with Gasteiger partial charge in [-0.25, -0.2) is 4.79 Å². The predicted molar refractivity (Wildman–Crippen MR) is 74.6 cm³/mol. The van der Waals surface area contributed by atoms with Gasteiger partial charge in [0.15, 0.2) is 5.58 Å². The second kappa shape index (κ2) is 6.38. The van der Waals surface area contributed by atoms with Crippen molar-refractivity contribution in [1.82, 2.24) is 9.47 Å². The van der Waals surface area contributed by atoms with Crippen LogP contribution < -0.4 is 5.76 Å². The van der Waals surface area contributed by atoms with Crippen LogP contribution in [0.3, 0.4) is 0 Å². The van der Waals surface area contributed by atoms with E-state index in [0.717, 1.165) is 6.42 Å². The molecule has 20 heavy (non-hydrogen) atoms. The Morgan fingerprint density at radius 3 is 2.90 bits per heavy atom. The summed E-state index contributed by atoms with van der Waals surface area (Å²) in [6.07, 6.45) is 0.764. The van der Waals surface area contributed by atoms with Crippen LogP contribution in [0.5, 0.6) is 0 Å². The summed E-state index contributed by atoms with van der Waals surface area (Å²) in [5, 5.41) is 0. The number of ether oxygens (including phenoxy) is 1. The molecule has 0 bridgehead atoms. The van der Waals surface area contributed by atoms with E-state index < -0.39 is 5.76 Å². The number of hydrogen-bond donors (Lipinski definition) is 0. The lowest BCUT2D eigenvalue weighted by Gasteiger charge is -2.16. The summed E-state index contributed by atoms with van der Waals surface area (Å²) in [5.41, 5.74) is 1.13. The minimum absolute atomic E-state index is 0.0146. The molecule has 1 heterocycles. The lowest BCUT2D eigenvalue weighted by Crippen LogP contribution is -2.33. The number of rotatable bonds is 6. The molecule has 0 fully saturated rings. The van der Waals surface area contributed by atoms with Crippen molar-refractivity contribution in [2.75, 3.05) is 27.3 Å². The van der Waals surface area contributed by atoms with Crippen molar-refractivity contribution in [3.63, 3.8) is 0 Å². The van der Waals surface area contributed by atoms with E-state index in [2.05, 4.69) is 0 Å². The van der Waals surface area contributed by atoms with E-state index in [1.54, 1.807) is 43.3 Å². The van der Waals surface area contributed by atoms with Gasteiger partial charge in [-0.1, -0.05) is 12.1 Å². The number of amides is 1. The van der Waals surface area contributed by atoms with E-state index >= 15 is 0 Å². The van der Waals surface area contributed by atoms with Crippen molar-refractivity contribution in [2.45, 2.75) is 13.0 Å². The highest BCUT2D eigenvalue weighted by molar-refractivity contribution is 5.79. The molecule has 1 aromatic heterocycles. The van der Waals surface area contributed by atoms with Crippen LogP contribution in [0.15, 0.2) is 33.5 Å². The first-order valence-electron chi connectivity index (χ1n) is 6.44. The Morgan fingerprint density at radius 2 is 2.15 bits per heavy atom. The summed E-state index contributed by atoms with van der Waals surface area (Å²) in [6.45, 7) is 1.18. The highest BCUT2D eigenvalue weighted by Gasteiger charge is 2.14. The molecule has 0 aliphatic heterocycles. The van der Waals surface area contributed by atoms with Gasteiger partial charge in [0, 0.05) is 27.3 Å². The first-order chi connectivity index (χ1) is 9.63. The Balaban J connectivity index is 2.10. The molecular weight excluding hydrogens is 260 g/mol. The second-order valence-corrected chi connectivity index (χ2v) is 4.58. The van der Waals surface area contributed by atoms with Crippen molar-refractivity contribution in [1.29, 1.82) is 0 Å². The van der Waals surface area contributed by atoms with E-state index in [-0.39, 0.29) is 12.5 Å². The van der Waals surface area contributed by atoms with Gasteiger partial charge >= 0.3 is 5.76 Å². The average molecular weight is 278 g/mol. The van der Waals surface area contributed by atoms with Crippen molar-refractivity contribution in [3.8, 4) is 0 Å². The van der Waals surface area contributed by atoms with Crippen LogP contribution in [-0.2, 0) is 16.1 Å².